The molecule has 7 heteroatoms. The van der Waals surface area contributed by atoms with Gasteiger partial charge in [0.25, 0.3) is 5.56 Å². The standard InChI is InChI=1S/C10H10N4O3/c1-2-17-7(15)4-3-6-8-9(14-13-6)11-5-12-10(8)16/h3-5H,2H2,1H3,(H2,11,12,13,14,16). The van der Waals surface area contributed by atoms with Crippen molar-refractivity contribution in [3.8, 4) is 0 Å². The van der Waals surface area contributed by atoms with Crippen LogP contribution in [-0.2, 0) is 9.53 Å². The molecular weight excluding hydrogens is 224 g/mol. The summed E-state index contributed by atoms with van der Waals surface area (Å²) in [6.07, 6.45) is 3.93. The first-order valence-corrected chi connectivity index (χ1v) is 4.99. The van der Waals surface area contributed by atoms with E-state index in [4.69, 9.17) is 4.74 Å². The molecule has 0 fully saturated rings. The molecule has 0 amide bonds. The zero-order chi connectivity index (χ0) is 12.3. The molecule has 2 heterocycles. The van der Waals surface area contributed by atoms with Gasteiger partial charge < -0.3 is 9.72 Å². The fourth-order valence-corrected chi connectivity index (χ4v) is 1.35. The zero-order valence-electron chi connectivity index (χ0n) is 9.06. The minimum Gasteiger partial charge on any atom is -0.463 e. The maximum atomic E-state index is 11.5. The molecule has 2 N–H and O–H groups in total. The highest BCUT2D eigenvalue weighted by atomic mass is 16.5. The number of H-pyrrole nitrogens is 2. The number of rotatable bonds is 3. The predicted molar refractivity (Wildman–Crippen MR) is 60.2 cm³/mol. The summed E-state index contributed by atoms with van der Waals surface area (Å²) in [5, 5.41) is 6.78. The summed E-state index contributed by atoms with van der Waals surface area (Å²) in [5.74, 6) is -0.476. The van der Waals surface area contributed by atoms with E-state index in [1.165, 1.54) is 18.5 Å². The fraction of sp³-hybridized carbons (Fsp3) is 0.200. The van der Waals surface area contributed by atoms with Crippen molar-refractivity contribution >= 4 is 23.1 Å². The second-order valence-corrected chi connectivity index (χ2v) is 3.15. The molecule has 0 aliphatic carbocycles. The lowest BCUT2D eigenvalue weighted by molar-refractivity contribution is -0.137. The van der Waals surface area contributed by atoms with E-state index in [0.29, 0.717) is 23.3 Å². The van der Waals surface area contributed by atoms with Crippen LogP contribution in [0.25, 0.3) is 17.1 Å². The summed E-state index contributed by atoms with van der Waals surface area (Å²) in [6, 6.07) is 0. The summed E-state index contributed by atoms with van der Waals surface area (Å²) in [6.45, 7) is 2.01. The minimum atomic E-state index is -0.476. The molecule has 2 aromatic rings. The molecule has 0 unspecified atom stereocenters. The molecule has 0 aliphatic heterocycles. The van der Waals surface area contributed by atoms with Crippen LogP contribution in [0, 0.1) is 0 Å². The molecule has 0 radical (unpaired) electrons. The van der Waals surface area contributed by atoms with Crippen molar-refractivity contribution in [2.75, 3.05) is 6.61 Å². The first kappa shape index (κ1) is 11.1. The Morgan fingerprint density at radius 3 is 3.18 bits per heavy atom. The lowest BCUT2D eigenvalue weighted by Crippen LogP contribution is -2.06. The van der Waals surface area contributed by atoms with E-state index in [-0.39, 0.29) is 5.56 Å². The monoisotopic (exact) mass is 234 g/mol. The normalized spacial score (nSPS) is 11.1. The summed E-state index contributed by atoms with van der Waals surface area (Å²) in [7, 11) is 0. The van der Waals surface area contributed by atoms with Gasteiger partial charge in [-0.25, -0.2) is 9.78 Å². The number of aromatic nitrogens is 4. The molecule has 0 saturated heterocycles. The Morgan fingerprint density at radius 2 is 2.41 bits per heavy atom. The van der Waals surface area contributed by atoms with E-state index in [9.17, 15) is 9.59 Å². The van der Waals surface area contributed by atoms with Crippen LogP contribution < -0.4 is 5.56 Å². The summed E-state index contributed by atoms with van der Waals surface area (Å²) >= 11 is 0. The van der Waals surface area contributed by atoms with E-state index in [2.05, 4.69) is 20.2 Å². The third-order valence-electron chi connectivity index (χ3n) is 2.06. The van der Waals surface area contributed by atoms with E-state index in [1.807, 2.05) is 0 Å². The van der Waals surface area contributed by atoms with Gasteiger partial charge in [0.05, 0.1) is 18.6 Å². The van der Waals surface area contributed by atoms with E-state index < -0.39 is 5.97 Å². The number of aromatic amines is 2. The number of carbonyl (C=O) groups is 1. The summed E-state index contributed by atoms with van der Waals surface area (Å²) < 4.78 is 4.72. The second-order valence-electron chi connectivity index (χ2n) is 3.15. The van der Waals surface area contributed by atoms with Gasteiger partial charge in [0.1, 0.15) is 5.39 Å². The number of fused-ring (bicyclic) bond motifs is 1. The first-order chi connectivity index (χ1) is 8.22. The van der Waals surface area contributed by atoms with Crippen molar-refractivity contribution in [3.63, 3.8) is 0 Å². The van der Waals surface area contributed by atoms with Crippen molar-refractivity contribution in [2.45, 2.75) is 6.92 Å². The molecular formula is C10H10N4O3. The van der Waals surface area contributed by atoms with Gasteiger partial charge in [0.2, 0.25) is 0 Å². The number of hydrogen-bond acceptors (Lipinski definition) is 5. The third kappa shape index (κ3) is 2.22. The Hall–Kier alpha value is -2.44. The lowest BCUT2D eigenvalue weighted by atomic mass is 10.3. The maximum absolute atomic E-state index is 11.5. The van der Waals surface area contributed by atoms with Gasteiger partial charge in [-0.1, -0.05) is 0 Å². The van der Waals surface area contributed by atoms with Crippen LogP contribution in [0.2, 0.25) is 0 Å². The second kappa shape index (κ2) is 4.60. The average Bonchev–Trinajstić information content (AvgIpc) is 2.71. The maximum Gasteiger partial charge on any atom is 0.330 e. The Bertz CT molecular complexity index is 626. The van der Waals surface area contributed by atoms with Crippen molar-refractivity contribution < 1.29 is 9.53 Å². The molecule has 0 bridgehead atoms. The van der Waals surface area contributed by atoms with Crippen LogP contribution in [0.4, 0.5) is 0 Å². The number of hydrogen-bond donors (Lipinski definition) is 2. The number of nitrogens with zero attached hydrogens (tertiary/aromatic N) is 2. The van der Waals surface area contributed by atoms with Crippen molar-refractivity contribution in [3.05, 3.63) is 28.5 Å². The Kier molecular flexibility index (Phi) is 2.99. The van der Waals surface area contributed by atoms with Crippen LogP contribution in [0.1, 0.15) is 12.6 Å². The number of esters is 1. The molecule has 7 nitrogen and oxygen atoms in total. The molecule has 0 saturated carbocycles. The highest BCUT2D eigenvalue weighted by molar-refractivity contribution is 5.91. The van der Waals surface area contributed by atoms with E-state index in [1.54, 1.807) is 6.92 Å². The van der Waals surface area contributed by atoms with Crippen molar-refractivity contribution in [1.82, 2.24) is 20.2 Å². The van der Waals surface area contributed by atoms with Gasteiger partial charge >= 0.3 is 5.97 Å². The van der Waals surface area contributed by atoms with Crippen molar-refractivity contribution in [1.29, 1.82) is 0 Å². The molecule has 0 aromatic carbocycles. The largest absolute Gasteiger partial charge is 0.463 e. The molecule has 2 aromatic heterocycles. The summed E-state index contributed by atoms with van der Waals surface area (Å²) in [4.78, 5) is 29.0. The van der Waals surface area contributed by atoms with Gasteiger partial charge in [-0.2, -0.15) is 5.10 Å². The van der Waals surface area contributed by atoms with Crippen LogP contribution in [0.5, 0.6) is 0 Å². The van der Waals surface area contributed by atoms with Gasteiger partial charge in [0, 0.05) is 6.08 Å². The molecule has 17 heavy (non-hydrogen) atoms. The molecule has 0 aliphatic rings. The van der Waals surface area contributed by atoms with E-state index in [0.717, 1.165) is 0 Å². The highest BCUT2D eigenvalue weighted by Gasteiger charge is 2.07. The molecule has 0 spiro atoms. The van der Waals surface area contributed by atoms with Crippen LogP contribution in [0.3, 0.4) is 0 Å². The SMILES string of the molecule is CCOC(=O)C=Cc1[nH]nc2nc[nH]c(=O)c12. The minimum absolute atomic E-state index is 0.301. The van der Waals surface area contributed by atoms with Crippen LogP contribution in [-0.4, -0.2) is 32.7 Å². The zero-order valence-corrected chi connectivity index (χ0v) is 9.06. The number of nitrogens with one attached hydrogen (secondary N) is 2. The number of ether oxygens (including phenoxy) is 1. The summed E-state index contributed by atoms with van der Waals surface area (Å²) in [5.41, 5.74) is 0.409. The van der Waals surface area contributed by atoms with Gasteiger partial charge in [-0.3, -0.25) is 9.89 Å². The van der Waals surface area contributed by atoms with E-state index >= 15 is 0 Å². The Balaban J connectivity index is 2.37. The van der Waals surface area contributed by atoms with Crippen LogP contribution >= 0.6 is 0 Å². The molecule has 88 valence electrons. The van der Waals surface area contributed by atoms with Crippen LogP contribution in [0.15, 0.2) is 17.2 Å². The molecule has 2 rings (SSSR count). The van der Waals surface area contributed by atoms with Gasteiger partial charge in [-0.15, -0.1) is 0 Å². The Labute approximate surface area is 95.5 Å². The Morgan fingerprint density at radius 1 is 1.59 bits per heavy atom. The van der Waals surface area contributed by atoms with Crippen molar-refractivity contribution in [2.24, 2.45) is 0 Å². The lowest BCUT2D eigenvalue weighted by Gasteiger charge is -1.93. The highest BCUT2D eigenvalue weighted by Crippen LogP contribution is 2.09. The molecule has 0 atom stereocenters. The first-order valence-electron chi connectivity index (χ1n) is 4.99. The number of carbonyl (C=O) groups excluding carboxylic acids is 1. The van der Waals surface area contributed by atoms with Gasteiger partial charge in [-0.05, 0) is 13.0 Å². The predicted octanol–water partition coefficient (Wildman–Crippen LogP) is 0.223. The average molecular weight is 234 g/mol. The topological polar surface area (TPSA) is 101 Å². The quantitative estimate of drug-likeness (QED) is 0.584. The third-order valence-corrected chi connectivity index (χ3v) is 2.06. The smallest absolute Gasteiger partial charge is 0.330 e. The van der Waals surface area contributed by atoms with Gasteiger partial charge in [0.15, 0.2) is 5.65 Å². The fourth-order valence-electron chi connectivity index (χ4n) is 1.35.